The molecule has 2 aromatic heterocycles. The Hall–Kier alpha value is -4.38. The van der Waals surface area contributed by atoms with Crippen LogP contribution in [0.5, 0.6) is 0 Å². The van der Waals surface area contributed by atoms with E-state index in [1.165, 1.54) is 0 Å². The fourth-order valence-corrected chi connectivity index (χ4v) is 3.83. The third kappa shape index (κ3) is 2.95. The molecule has 31 heavy (non-hydrogen) atoms. The predicted octanol–water partition coefficient (Wildman–Crippen LogP) is 6.65. The summed E-state index contributed by atoms with van der Waals surface area (Å²) in [5.74, 6) is 0.372. The Labute approximate surface area is 176 Å². The molecule has 2 heterocycles. The van der Waals surface area contributed by atoms with E-state index < -0.39 is 0 Å². The summed E-state index contributed by atoms with van der Waals surface area (Å²) in [6.07, 6.45) is 0. The highest BCUT2D eigenvalue weighted by atomic mass is 16.4. The van der Waals surface area contributed by atoms with Gasteiger partial charge in [0, 0.05) is 10.8 Å². The Bertz CT molecular complexity index is 1560. The molecular formula is C26H16N2O3. The van der Waals surface area contributed by atoms with Gasteiger partial charge in [0.05, 0.1) is 11.3 Å². The predicted molar refractivity (Wildman–Crippen MR) is 121 cm³/mol. The number of para-hydroxylation sites is 2. The van der Waals surface area contributed by atoms with Crippen molar-refractivity contribution in [2.75, 3.05) is 5.32 Å². The molecule has 1 amide bonds. The highest BCUT2D eigenvalue weighted by Gasteiger charge is 2.18. The molecule has 0 aliphatic rings. The normalized spacial score (nSPS) is 11.4. The van der Waals surface area contributed by atoms with Gasteiger partial charge in [0.1, 0.15) is 11.1 Å². The van der Waals surface area contributed by atoms with Crippen molar-refractivity contribution in [1.82, 2.24) is 4.98 Å². The monoisotopic (exact) mass is 404 g/mol. The van der Waals surface area contributed by atoms with Gasteiger partial charge in [-0.15, -0.1) is 0 Å². The number of nitrogens with zero attached hydrogens (tertiary/aromatic N) is 1. The van der Waals surface area contributed by atoms with Gasteiger partial charge in [-0.05, 0) is 35.7 Å². The van der Waals surface area contributed by atoms with E-state index in [1.54, 1.807) is 6.07 Å². The van der Waals surface area contributed by atoms with Gasteiger partial charge in [0.25, 0.3) is 5.91 Å². The second-order valence-electron chi connectivity index (χ2n) is 7.30. The number of rotatable bonds is 3. The average Bonchev–Trinajstić information content (AvgIpc) is 3.44. The number of hydrogen-bond donors (Lipinski definition) is 1. The summed E-state index contributed by atoms with van der Waals surface area (Å²) in [4.78, 5) is 17.5. The Kier molecular flexibility index (Phi) is 3.86. The van der Waals surface area contributed by atoms with Crippen molar-refractivity contribution in [2.45, 2.75) is 0 Å². The molecule has 0 aliphatic heterocycles. The van der Waals surface area contributed by atoms with Gasteiger partial charge >= 0.3 is 0 Å². The van der Waals surface area contributed by atoms with Gasteiger partial charge in [0.15, 0.2) is 11.3 Å². The number of oxazole rings is 1. The molecule has 0 spiro atoms. The van der Waals surface area contributed by atoms with E-state index in [1.807, 2.05) is 84.9 Å². The van der Waals surface area contributed by atoms with Crippen molar-refractivity contribution in [1.29, 1.82) is 0 Å². The summed E-state index contributed by atoms with van der Waals surface area (Å²) in [7, 11) is 0. The van der Waals surface area contributed by atoms with Gasteiger partial charge in [-0.3, -0.25) is 4.79 Å². The number of amides is 1. The van der Waals surface area contributed by atoms with Crippen LogP contribution in [-0.2, 0) is 0 Å². The minimum absolute atomic E-state index is 0.250. The van der Waals surface area contributed by atoms with E-state index in [4.69, 9.17) is 8.83 Å². The van der Waals surface area contributed by atoms with E-state index in [0.717, 1.165) is 27.3 Å². The number of hydrogen-bond acceptors (Lipinski definition) is 4. The van der Waals surface area contributed by atoms with E-state index >= 15 is 0 Å². The third-order valence-electron chi connectivity index (χ3n) is 5.33. The molecule has 148 valence electrons. The lowest BCUT2D eigenvalue weighted by molar-refractivity contribution is 0.0999. The Morgan fingerprint density at radius 2 is 1.55 bits per heavy atom. The second-order valence-corrected chi connectivity index (χ2v) is 7.30. The van der Waals surface area contributed by atoms with Crippen LogP contribution in [0.2, 0.25) is 0 Å². The summed E-state index contributed by atoms with van der Waals surface area (Å²) in [5, 5.41) is 5.91. The lowest BCUT2D eigenvalue weighted by Gasteiger charge is -2.07. The standard InChI is InChI=1S/C26H16N2O3/c29-25(23-15-17-8-2-6-12-22(17)30-23)27-20-11-5-4-10-19(20)26-28-21-14-13-16-7-1-3-9-18(16)24(21)31-26/h1-15H,(H,27,29). The van der Waals surface area contributed by atoms with Crippen molar-refractivity contribution >= 4 is 44.4 Å². The van der Waals surface area contributed by atoms with E-state index in [0.29, 0.717) is 22.7 Å². The Morgan fingerprint density at radius 3 is 2.45 bits per heavy atom. The maximum Gasteiger partial charge on any atom is 0.291 e. The van der Waals surface area contributed by atoms with Crippen LogP contribution >= 0.6 is 0 Å². The van der Waals surface area contributed by atoms with Crippen LogP contribution in [0.4, 0.5) is 5.69 Å². The van der Waals surface area contributed by atoms with Crippen LogP contribution in [0.15, 0.2) is 99.8 Å². The highest BCUT2D eigenvalue weighted by Crippen LogP contribution is 2.33. The van der Waals surface area contributed by atoms with E-state index in [-0.39, 0.29) is 11.7 Å². The van der Waals surface area contributed by atoms with E-state index in [2.05, 4.69) is 10.3 Å². The van der Waals surface area contributed by atoms with Crippen molar-refractivity contribution in [3.63, 3.8) is 0 Å². The number of fused-ring (bicyclic) bond motifs is 4. The number of furan rings is 1. The molecule has 5 heteroatoms. The first-order chi connectivity index (χ1) is 15.3. The highest BCUT2D eigenvalue weighted by molar-refractivity contribution is 6.07. The zero-order valence-corrected chi connectivity index (χ0v) is 16.3. The van der Waals surface area contributed by atoms with E-state index in [9.17, 15) is 4.79 Å². The summed E-state index contributed by atoms with van der Waals surface area (Å²) in [6, 6.07) is 28.7. The number of aromatic nitrogens is 1. The zero-order valence-electron chi connectivity index (χ0n) is 16.3. The van der Waals surface area contributed by atoms with Crippen LogP contribution < -0.4 is 5.32 Å². The quantitative estimate of drug-likeness (QED) is 0.359. The largest absolute Gasteiger partial charge is 0.451 e. The number of benzene rings is 4. The molecule has 0 unspecified atom stereocenters. The molecule has 5 nitrogen and oxygen atoms in total. The maximum absolute atomic E-state index is 12.9. The van der Waals surface area contributed by atoms with Crippen molar-refractivity contribution in [2.24, 2.45) is 0 Å². The van der Waals surface area contributed by atoms with Crippen LogP contribution in [0, 0.1) is 0 Å². The van der Waals surface area contributed by atoms with Gasteiger partial charge < -0.3 is 14.2 Å². The molecule has 0 saturated heterocycles. The second kappa shape index (κ2) is 6.85. The van der Waals surface area contributed by atoms with Gasteiger partial charge in [0.2, 0.25) is 5.89 Å². The molecular weight excluding hydrogens is 388 g/mol. The smallest absolute Gasteiger partial charge is 0.291 e. The topological polar surface area (TPSA) is 68.3 Å². The molecule has 4 aromatic carbocycles. The van der Waals surface area contributed by atoms with Crippen molar-refractivity contribution in [3.05, 3.63) is 96.8 Å². The van der Waals surface area contributed by atoms with Crippen LogP contribution in [0.3, 0.4) is 0 Å². The minimum atomic E-state index is -0.329. The Morgan fingerprint density at radius 1 is 0.774 bits per heavy atom. The molecule has 1 N–H and O–H groups in total. The molecule has 6 rings (SSSR count). The molecule has 6 aromatic rings. The number of carbonyl (C=O) groups is 1. The summed E-state index contributed by atoms with van der Waals surface area (Å²) in [5.41, 5.74) is 3.47. The molecule has 0 bridgehead atoms. The number of nitrogens with one attached hydrogen (secondary N) is 1. The van der Waals surface area contributed by atoms with Crippen LogP contribution in [0.1, 0.15) is 10.6 Å². The first-order valence-corrected chi connectivity index (χ1v) is 9.94. The molecule has 0 fully saturated rings. The maximum atomic E-state index is 12.9. The molecule has 0 radical (unpaired) electrons. The first kappa shape index (κ1) is 17.5. The summed E-state index contributed by atoms with van der Waals surface area (Å²) >= 11 is 0. The molecule has 0 aliphatic carbocycles. The van der Waals surface area contributed by atoms with Gasteiger partial charge in [-0.25, -0.2) is 4.98 Å². The first-order valence-electron chi connectivity index (χ1n) is 9.94. The summed E-state index contributed by atoms with van der Waals surface area (Å²) < 4.78 is 11.9. The average molecular weight is 404 g/mol. The molecule has 0 saturated carbocycles. The lowest BCUT2D eigenvalue weighted by atomic mass is 10.1. The van der Waals surface area contributed by atoms with Crippen LogP contribution in [-0.4, -0.2) is 10.9 Å². The Balaban J connectivity index is 1.40. The third-order valence-corrected chi connectivity index (χ3v) is 5.33. The van der Waals surface area contributed by atoms with Crippen molar-refractivity contribution in [3.8, 4) is 11.5 Å². The lowest BCUT2D eigenvalue weighted by Crippen LogP contribution is -2.11. The number of anilines is 1. The van der Waals surface area contributed by atoms with Gasteiger partial charge in [-0.2, -0.15) is 0 Å². The fourth-order valence-electron chi connectivity index (χ4n) is 3.83. The SMILES string of the molecule is O=C(Nc1ccccc1-c1nc2ccc3ccccc3c2o1)c1cc2ccccc2o1. The zero-order chi connectivity index (χ0) is 20.8. The summed E-state index contributed by atoms with van der Waals surface area (Å²) in [6.45, 7) is 0. The van der Waals surface area contributed by atoms with Crippen molar-refractivity contribution < 1.29 is 13.6 Å². The fraction of sp³-hybridized carbons (Fsp3) is 0. The molecule has 0 atom stereocenters. The van der Waals surface area contributed by atoms with Gasteiger partial charge in [-0.1, -0.05) is 60.7 Å². The number of carbonyl (C=O) groups excluding carboxylic acids is 1. The van der Waals surface area contributed by atoms with Crippen LogP contribution in [0.25, 0.3) is 44.3 Å². The minimum Gasteiger partial charge on any atom is -0.451 e.